The summed E-state index contributed by atoms with van der Waals surface area (Å²) in [7, 11) is 2.02. The van der Waals surface area contributed by atoms with Crippen molar-refractivity contribution in [3.63, 3.8) is 0 Å². The SMILES string of the molecule is CCN1CCc2cccc(C(C)NC)c21. The van der Waals surface area contributed by atoms with Gasteiger partial charge < -0.3 is 10.2 Å². The average molecular weight is 204 g/mol. The molecule has 82 valence electrons. The summed E-state index contributed by atoms with van der Waals surface area (Å²) in [4.78, 5) is 2.48. The van der Waals surface area contributed by atoms with Gasteiger partial charge in [0, 0.05) is 24.8 Å². The third-order valence-corrected chi connectivity index (χ3v) is 3.40. The normalized spacial score (nSPS) is 16.6. The largest absolute Gasteiger partial charge is 0.371 e. The summed E-state index contributed by atoms with van der Waals surface area (Å²) in [6, 6.07) is 7.12. The predicted molar refractivity (Wildman–Crippen MR) is 65.5 cm³/mol. The van der Waals surface area contributed by atoms with E-state index in [1.54, 1.807) is 0 Å². The standard InChI is InChI=1S/C13H20N2/c1-4-15-9-8-11-6-5-7-12(13(11)15)10(2)14-3/h5-7,10,14H,4,8-9H2,1-3H3. The number of anilines is 1. The van der Waals surface area contributed by atoms with E-state index in [0.29, 0.717) is 6.04 Å². The van der Waals surface area contributed by atoms with Crippen molar-refractivity contribution in [2.75, 3.05) is 25.0 Å². The maximum atomic E-state index is 3.33. The Morgan fingerprint density at radius 2 is 2.27 bits per heavy atom. The van der Waals surface area contributed by atoms with E-state index in [1.165, 1.54) is 29.8 Å². The first-order valence-electron chi connectivity index (χ1n) is 5.82. The van der Waals surface area contributed by atoms with Gasteiger partial charge in [0.05, 0.1) is 0 Å². The van der Waals surface area contributed by atoms with Crippen molar-refractivity contribution in [1.29, 1.82) is 0 Å². The van der Waals surface area contributed by atoms with Crippen molar-refractivity contribution >= 4 is 5.69 Å². The second kappa shape index (κ2) is 4.23. The van der Waals surface area contributed by atoms with E-state index < -0.39 is 0 Å². The minimum absolute atomic E-state index is 0.437. The van der Waals surface area contributed by atoms with Crippen molar-refractivity contribution < 1.29 is 0 Å². The molecule has 0 bridgehead atoms. The van der Waals surface area contributed by atoms with Crippen LogP contribution in [0.25, 0.3) is 0 Å². The Morgan fingerprint density at radius 3 is 2.93 bits per heavy atom. The molecule has 0 saturated heterocycles. The molecular weight excluding hydrogens is 184 g/mol. The average Bonchev–Trinajstić information content (AvgIpc) is 2.70. The van der Waals surface area contributed by atoms with Crippen molar-refractivity contribution in [3.05, 3.63) is 29.3 Å². The van der Waals surface area contributed by atoms with E-state index in [2.05, 4.69) is 42.3 Å². The molecule has 0 fully saturated rings. The van der Waals surface area contributed by atoms with Gasteiger partial charge in [-0.2, -0.15) is 0 Å². The highest BCUT2D eigenvalue weighted by Gasteiger charge is 2.22. The molecular formula is C13H20N2. The quantitative estimate of drug-likeness (QED) is 0.813. The fraction of sp³-hybridized carbons (Fsp3) is 0.538. The fourth-order valence-electron chi connectivity index (χ4n) is 2.39. The van der Waals surface area contributed by atoms with Crippen molar-refractivity contribution in [3.8, 4) is 0 Å². The summed E-state index contributed by atoms with van der Waals surface area (Å²) >= 11 is 0. The number of hydrogen-bond acceptors (Lipinski definition) is 2. The molecule has 1 N–H and O–H groups in total. The molecule has 15 heavy (non-hydrogen) atoms. The van der Waals surface area contributed by atoms with E-state index in [9.17, 15) is 0 Å². The molecule has 1 aliphatic heterocycles. The molecule has 2 rings (SSSR count). The predicted octanol–water partition coefficient (Wildman–Crippen LogP) is 2.35. The van der Waals surface area contributed by atoms with Gasteiger partial charge in [0.1, 0.15) is 0 Å². The van der Waals surface area contributed by atoms with Gasteiger partial charge in [-0.1, -0.05) is 18.2 Å². The highest BCUT2D eigenvalue weighted by molar-refractivity contribution is 5.64. The second-order valence-corrected chi connectivity index (χ2v) is 4.20. The van der Waals surface area contributed by atoms with E-state index >= 15 is 0 Å². The zero-order chi connectivity index (χ0) is 10.8. The highest BCUT2D eigenvalue weighted by Crippen LogP contribution is 2.34. The Bertz CT molecular complexity index is 346. The molecule has 0 radical (unpaired) electrons. The number of para-hydroxylation sites is 1. The van der Waals surface area contributed by atoms with Crippen LogP contribution < -0.4 is 10.2 Å². The first kappa shape index (κ1) is 10.5. The zero-order valence-electron chi connectivity index (χ0n) is 9.88. The van der Waals surface area contributed by atoms with Crippen LogP contribution in [-0.2, 0) is 6.42 Å². The van der Waals surface area contributed by atoms with Gasteiger partial charge in [0.15, 0.2) is 0 Å². The molecule has 1 aromatic rings. The second-order valence-electron chi connectivity index (χ2n) is 4.20. The van der Waals surface area contributed by atoms with Crippen LogP contribution in [0, 0.1) is 0 Å². The van der Waals surface area contributed by atoms with Gasteiger partial charge >= 0.3 is 0 Å². The lowest BCUT2D eigenvalue weighted by Gasteiger charge is -2.23. The maximum Gasteiger partial charge on any atom is 0.0447 e. The molecule has 0 saturated carbocycles. The lowest BCUT2D eigenvalue weighted by atomic mass is 10.0. The Morgan fingerprint density at radius 1 is 1.47 bits per heavy atom. The summed E-state index contributed by atoms with van der Waals surface area (Å²) in [5.74, 6) is 0. The minimum Gasteiger partial charge on any atom is -0.371 e. The maximum absolute atomic E-state index is 3.33. The van der Waals surface area contributed by atoms with Gasteiger partial charge in [0.25, 0.3) is 0 Å². The number of nitrogens with one attached hydrogen (secondary N) is 1. The number of rotatable bonds is 3. The number of fused-ring (bicyclic) bond motifs is 1. The van der Waals surface area contributed by atoms with E-state index in [0.717, 1.165) is 6.54 Å². The first-order valence-corrected chi connectivity index (χ1v) is 5.82. The lowest BCUT2D eigenvalue weighted by molar-refractivity contribution is 0.650. The lowest BCUT2D eigenvalue weighted by Crippen LogP contribution is -2.22. The minimum atomic E-state index is 0.437. The summed E-state index contributed by atoms with van der Waals surface area (Å²) in [6.07, 6.45) is 1.20. The van der Waals surface area contributed by atoms with Crippen LogP contribution in [0.4, 0.5) is 5.69 Å². The Labute approximate surface area is 92.3 Å². The van der Waals surface area contributed by atoms with E-state index in [4.69, 9.17) is 0 Å². The molecule has 2 heteroatoms. The third kappa shape index (κ3) is 1.74. The molecule has 1 atom stereocenters. The van der Waals surface area contributed by atoms with Gasteiger partial charge in [-0.15, -0.1) is 0 Å². The van der Waals surface area contributed by atoms with Crippen LogP contribution in [0.5, 0.6) is 0 Å². The number of likely N-dealkylation sites (N-methyl/N-ethyl adjacent to an activating group) is 1. The number of benzene rings is 1. The van der Waals surface area contributed by atoms with Crippen LogP contribution in [0.2, 0.25) is 0 Å². The Hall–Kier alpha value is -1.02. The molecule has 0 aromatic heterocycles. The molecule has 1 aliphatic rings. The van der Waals surface area contributed by atoms with Crippen molar-refractivity contribution in [2.45, 2.75) is 26.3 Å². The monoisotopic (exact) mass is 204 g/mol. The molecule has 1 heterocycles. The number of hydrogen-bond donors (Lipinski definition) is 1. The first-order chi connectivity index (χ1) is 7.27. The molecule has 0 aliphatic carbocycles. The van der Waals surface area contributed by atoms with Crippen molar-refractivity contribution in [1.82, 2.24) is 5.32 Å². The molecule has 0 amide bonds. The van der Waals surface area contributed by atoms with Crippen LogP contribution >= 0.6 is 0 Å². The molecule has 0 spiro atoms. The fourth-order valence-corrected chi connectivity index (χ4v) is 2.39. The Kier molecular flexibility index (Phi) is 2.96. The van der Waals surface area contributed by atoms with Crippen molar-refractivity contribution in [2.24, 2.45) is 0 Å². The van der Waals surface area contributed by atoms with Crippen LogP contribution in [0.1, 0.15) is 31.0 Å². The zero-order valence-corrected chi connectivity index (χ0v) is 9.88. The van der Waals surface area contributed by atoms with Gasteiger partial charge in [-0.3, -0.25) is 0 Å². The van der Waals surface area contributed by atoms with E-state index in [1.807, 2.05) is 7.05 Å². The van der Waals surface area contributed by atoms with Gasteiger partial charge in [-0.25, -0.2) is 0 Å². The summed E-state index contributed by atoms with van der Waals surface area (Å²) < 4.78 is 0. The molecule has 1 unspecified atom stereocenters. The van der Waals surface area contributed by atoms with Gasteiger partial charge in [0.2, 0.25) is 0 Å². The summed E-state index contributed by atoms with van der Waals surface area (Å²) in [5, 5.41) is 3.33. The van der Waals surface area contributed by atoms with Crippen LogP contribution in [0.15, 0.2) is 18.2 Å². The molecule has 2 nitrogen and oxygen atoms in total. The third-order valence-electron chi connectivity index (χ3n) is 3.40. The number of nitrogens with zero attached hydrogens (tertiary/aromatic N) is 1. The van der Waals surface area contributed by atoms with E-state index in [-0.39, 0.29) is 0 Å². The van der Waals surface area contributed by atoms with Gasteiger partial charge in [-0.05, 0) is 38.4 Å². The van der Waals surface area contributed by atoms with Crippen LogP contribution in [-0.4, -0.2) is 20.1 Å². The summed E-state index contributed by atoms with van der Waals surface area (Å²) in [5.41, 5.74) is 4.42. The Balaban J connectivity index is 2.44. The smallest absolute Gasteiger partial charge is 0.0447 e. The highest BCUT2D eigenvalue weighted by atomic mass is 15.1. The van der Waals surface area contributed by atoms with Crippen LogP contribution in [0.3, 0.4) is 0 Å². The summed E-state index contributed by atoms with van der Waals surface area (Å²) in [6.45, 7) is 6.75. The molecule has 1 aromatic carbocycles. The topological polar surface area (TPSA) is 15.3 Å².